The van der Waals surface area contributed by atoms with E-state index in [9.17, 15) is 14.9 Å². The summed E-state index contributed by atoms with van der Waals surface area (Å²) in [5.41, 5.74) is 1.61. The topological polar surface area (TPSA) is 91.6 Å². The molecule has 2 rings (SSSR count). The van der Waals surface area contributed by atoms with Gasteiger partial charge in [-0.05, 0) is 12.1 Å². The Bertz CT molecular complexity index is 790. The molecule has 132 valence electrons. The van der Waals surface area contributed by atoms with Crippen LogP contribution in [0.5, 0.6) is 0 Å². The van der Waals surface area contributed by atoms with Gasteiger partial charge in [-0.1, -0.05) is 6.07 Å². The van der Waals surface area contributed by atoms with Crippen molar-refractivity contribution in [2.75, 3.05) is 38.0 Å². The van der Waals surface area contributed by atoms with Gasteiger partial charge < -0.3 is 15.1 Å². The van der Waals surface area contributed by atoms with E-state index in [0.29, 0.717) is 5.69 Å². The van der Waals surface area contributed by atoms with Crippen LogP contribution in [0, 0.1) is 10.1 Å². The first-order valence-corrected chi connectivity index (χ1v) is 7.66. The minimum Gasteiger partial charge on any atom is -0.377 e. The Morgan fingerprint density at radius 1 is 1.20 bits per heavy atom. The van der Waals surface area contributed by atoms with Crippen LogP contribution in [0.15, 0.2) is 36.5 Å². The monoisotopic (exact) mass is 343 g/mol. The van der Waals surface area contributed by atoms with Crippen molar-refractivity contribution in [2.45, 2.75) is 6.54 Å². The molecule has 0 aliphatic rings. The SMILES string of the molecule is CN(C)c1ccc([N+](=O)[O-])cc1C(=O)NCc1cccnc1N(C)C. The van der Waals surface area contributed by atoms with Gasteiger partial charge in [-0.2, -0.15) is 0 Å². The lowest BCUT2D eigenvalue weighted by Crippen LogP contribution is -2.26. The van der Waals surface area contributed by atoms with Crippen LogP contribution in [-0.4, -0.2) is 44.0 Å². The van der Waals surface area contributed by atoms with Gasteiger partial charge in [0.2, 0.25) is 0 Å². The maximum Gasteiger partial charge on any atom is 0.270 e. The number of benzene rings is 1. The quantitative estimate of drug-likeness (QED) is 0.637. The van der Waals surface area contributed by atoms with E-state index in [1.54, 1.807) is 37.3 Å². The van der Waals surface area contributed by atoms with E-state index in [4.69, 9.17) is 0 Å². The molecule has 0 bridgehead atoms. The zero-order valence-electron chi connectivity index (χ0n) is 14.7. The average molecular weight is 343 g/mol. The predicted octanol–water partition coefficient (Wildman–Crippen LogP) is 2.05. The van der Waals surface area contributed by atoms with Gasteiger partial charge in [0.25, 0.3) is 11.6 Å². The summed E-state index contributed by atoms with van der Waals surface area (Å²) < 4.78 is 0. The molecule has 8 heteroatoms. The zero-order chi connectivity index (χ0) is 18.6. The fraction of sp³-hybridized carbons (Fsp3) is 0.294. The summed E-state index contributed by atoms with van der Waals surface area (Å²) in [6.45, 7) is 0.274. The number of carbonyl (C=O) groups excluding carboxylic acids is 1. The highest BCUT2D eigenvalue weighted by molar-refractivity contribution is 6.00. The van der Waals surface area contributed by atoms with Crippen molar-refractivity contribution < 1.29 is 9.72 Å². The number of hydrogen-bond acceptors (Lipinski definition) is 6. The number of hydrogen-bond donors (Lipinski definition) is 1. The second-order valence-corrected chi connectivity index (χ2v) is 5.92. The minimum absolute atomic E-state index is 0.119. The highest BCUT2D eigenvalue weighted by Gasteiger charge is 2.18. The smallest absolute Gasteiger partial charge is 0.270 e. The van der Waals surface area contributed by atoms with Gasteiger partial charge in [0, 0.05) is 64.3 Å². The van der Waals surface area contributed by atoms with E-state index in [0.717, 1.165) is 11.4 Å². The molecule has 1 amide bonds. The van der Waals surface area contributed by atoms with Gasteiger partial charge >= 0.3 is 0 Å². The van der Waals surface area contributed by atoms with E-state index < -0.39 is 4.92 Å². The third-order valence-corrected chi connectivity index (χ3v) is 3.65. The summed E-state index contributed by atoms with van der Waals surface area (Å²) in [6, 6.07) is 7.93. The molecular weight excluding hydrogens is 322 g/mol. The molecule has 0 spiro atoms. The molecule has 0 unspecified atom stereocenters. The Morgan fingerprint density at radius 2 is 1.92 bits per heavy atom. The third kappa shape index (κ3) is 4.23. The fourth-order valence-corrected chi connectivity index (χ4v) is 2.45. The van der Waals surface area contributed by atoms with Crippen LogP contribution in [0.3, 0.4) is 0 Å². The second kappa shape index (κ2) is 7.61. The van der Waals surface area contributed by atoms with Crippen molar-refractivity contribution in [1.29, 1.82) is 0 Å². The van der Waals surface area contributed by atoms with Gasteiger partial charge in [0.15, 0.2) is 0 Å². The molecule has 2 aromatic rings. The first kappa shape index (κ1) is 18.2. The van der Waals surface area contributed by atoms with Crippen LogP contribution in [0.25, 0.3) is 0 Å². The third-order valence-electron chi connectivity index (χ3n) is 3.65. The normalized spacial score (nSPS) is 10.2. The summed E-state index contributed by atoms with van der Waals surface area (Å²) >= 11 is 0. The maximum absolute atomic E-state index is 12.6. The van der Waals surface area contributed by atoms with E-state index >= 15 is 0 Å². The molecule has 1 aromatic heterocycles. The number of nitro benzene ring substituents is 1. The Labute approximate surface area is 146 Å². The van der Waals surface area contributed by atoms with Crippen molar-refractivity contribution in [1.82, 2.24) is 10.3 Å². The summed E-state index contributed by atoms with van der Waals surface area (Å²) in [5, 5.41) is 13.8. The Balaban J connectivity index is 2.26. The average Bonchev–Trinajstić information content (AvgIpc) is 2.59. The number of amides is 1. The van der Waals surface area contributed by atoms with Crippen molar-refractivity contribution in [3.63, 3.8) is 0 Å². The van der Waals surface area contributed by atoms with Gasteiger partial charge in [-0.15, -0.1) is 0 Å². The number of nitro groups is 1. The van der Waals surface area contributed by atoms with E-state index in [1.807, 2.05) is 25.1 Å². The number of nitrogens with zero attached hydrogens (tertiary/aromatic N) is 4. The molecule has 0 radical (unpaired) electrons. The van der Waals surface area contributed by atoms with E-state index in [1.165, 1.54) is 12.1 Å². The second-order valence-electron chi connectivity index (χ2n) is 5.92. The molecule has 1 N–H and O–H groups in total. The summed E-state index contributed by atoms with van der Waals surface area (Å²) in [6.07, 6.45) is 1.69. The minimum atomic E-state index is -0.512. The summed E-state index contributed by atoms with van der Waals surface area (Å²) in [7, 11) is 7.31. The highest BCUT2D eigenvalue weighted by atomic mass is 16.6. The van der Waals surface area contributed by atoms with Gasteiger partial charge in [-0.25, -0.2) is 4.98 Å². The molecule has 0 atom stereocenters. The maximum atomic E-state index is 12.6. The number of rotatable bonds is 6. The van der Waals surface area contributed by atoms with Crippen molar-refractivity contribution in [3.8, 4) is 0 Å². The van der Waals surface area contributed by atoms with E-state index in [2.05, 4.69) is 10.3 Å². The molecule has 0 fully saturated rings. The molecule has 1 heterocycles. The standard InChI is InChI=1S/C17H21N5O3/c1-20(2)15-8-7-13(22(24)25)10-14(15)17(23)19-11-12-6-5-9-18-16(12)21(3)4/h5-10H,11H2,1-4H3,(H,19,23). The van der Waals surface area contributed by atoms with Crippen molar-refractivity contribution in [2.24, 2.45) is 0 Å². The van der Waals surface area contributed by atoms with Crippen LogP contribution < -0.4 is 15.1 Å². The Morgan fingerprint density at radius 3 is 2.52 bits per heavy atom. The number of aromatic nitrogens is 1. The number of non-ortho nitro benzene ring substituents is 1. The number of carbonyl (C=O) groups is 1. The first-order valence-electron chi connectivity index (χ1n) is 7.66. The van der Waals surface area contributed by atoms with Crippen LogP contribution in [0.4, 0.5) is 17.2 Å². The van der Waals surface area contributed by atoms with Crippen LogP contribution in [0.2, 0.25) is 0 Å². The molecular formula is C17H21N5O3. The molecule has 25 heavy (non-hydrogen) atoms. The zero-order valence-corrected chi connectivity index (χ0v) is 14.7. The number of anilines is 2. The molecule has 0 saturated carbocycles. The lowest BCUT2D eigenvalue weighted by Gasteiger charge is -2.18. The Hall–Kier alpha value is -3.16. The van der Waals surface area contributed by atoms with Gasteiger partial charge in [0.05, 0.1) is 10.5 Å². The molecule has 1 aromatic carbocycles. The summed E-state index contributed by atoms with van der Waals surface area (Å²) in [5.74, 6) is 0.385. The lowest BCUT2D eigenvalue weighted by molar-refractivity contribution is -0.384. The molecule has 0 saturated heterocycles. The molecule has 0 aliphatic carbocycles. The molecule has 8 nitrogen and oxygen atoms in total. The summed E-state index contributed by atoms with van der Waals surface area (Å²) in [4.78, 5) is 31.0. The van der Waals surface area contributed by atoms with Gasteiger partial charge in [-0.3, -0.25) is 14.9 Å². The largest absolute Gasteiger partial charge is 0.377 e. The van der Waals surface area contributed by atoms with Crippen LogP contribution in [0.1, 0.15) is 15.9 Å². The van der Waals surface area contributed by atoms with Crippen molar-refractivity contribution >= 4 is 23.1 Å². The fourth-order valence-electron chi connectivity index (χ4n) is 2.45. The first-order chi connectivity index (χ1) is 11.8. The number of nitrogens with one attached hydrogen (secondary N) is 1. The lowest BCUT2D eigenvalue weighted by atomic mass is 10.1. The van der Waals surface area contributed by atoms with Crippen LogP contribution in [-0.2, 0) is 6.54 Å². The highest BCUT2D eigenvalue weighted by Crippen LogP contribution is 2.24. The number of pyridine rings is 1. The van der Waals surface area contributed by atoms with Crippen LogP contribution >= 0.6 is 0 Å². The predicted molar refractivity (Wildman–Crippen MR) is 97.2 cm³/mol. The Kier molecular flexibility index (Phi) is 5.53. The van der Waals surface area contributed by atoms with Crippen molar-refractivity contribution in [3.05, 3.63) is 57.8 Å². The van der Waals surface area contributed by atoms with E-state index in [-0.39, 0.29) is 23.7 Å². The van der Waals surface area contributed by atoms with Gasteiger partial charge in [0.1, 0.15) is 5.82 Å². The molecule has 0 aliphatic heterocycles.